The van der Waals surface area contributed by atoms with Gasteiger partial charge in [-0.25, -0.2) is 9.78 Å². The Labute approximate surface area is 123 Å². The summed E-state index contributed by atoms with van der Waals surface area (Å²) in [6.45, 7) is 0.210. The van der Waals surface area contributed by atoms with E-state index in [9.17, 15) is 4.79 Å². The number of hydrogen-bond acceptors (Lipinski definition) is 3. The van der Waals surface area contributed by atoms with Gasteiger partial charge in [-0.3, -0.25) is 5.32 Å². The molecule has 0 fully saturated rings. The van der Waals surface area contributed by atoms with Gasteiger partial charge in [0.15, 0.2) is 0 Å². The highest BCUT2D eigenvalue weighted by molar-refractivity contribution is 9.10. The lowest BCUT2D eigenvalue weighted by molar-refractivity contribution is 0.155. The zero-order valence-corrected chi connectivity index (χ0v) is 12.1. The van der Waals surface area contributed by atoms with Crippen molar-refractivity contribution in [2.24, 2.45) is 0 Å². The largest absolute Gasteiger partial charge is 0.444 e. The van der Waals surface area contributed by atoms with E-state index in [4.69, 9.17) is 16.3 Å². The molecule has 4 nitrogen and oxygen atoms in total. The molecule has 2 rings (SSSR count). The second-order valence-electron chi connectivity index (χ2n) is 3.67. The van der Waals surface area contributed by atoms with Gasteiger partial charge in [0, 0.05) is 10.7 Å². The number of aromatic nitrogens is 1. The molecule has 0 atom stereocenters. The number of benzene rings is 1. The van der Waals surface area contributed by atoms with Crippen LogP contribution in [0.4, 0.5) is 10.6 Å². The van der Waals surface area contributed by atoms with Gasteiger partial charge in [-0.1, -0.05) is 41.9 Å². The minimum absolute atomic E-state index is 0.210. The van der Waals surface area contributed by atoms with Crippen molar-refractivity contribution >= 4 is 39.4 Å². The Morgan fingerprint density at radius 3 is 2.79 bits per heavy atom. The molecule has 1 aromatic carbocycles. The summed E-state index contributed by atoms with van der Waals surface area (Å²) in [5.74, 6) is 0.370. The Hall–Kier alpha value is -1.59. The van der Waals surface area contributed by atoms with E-state index < -0.39 is 6.09 Å². The normalized spacial score (nSPS) is 10.0. The molecule has 0 saturated carbocycles. The van der Waals surface area contributed by atoms with Crippen LogP contribution in [0.1, 0.15) is 5.56 Å². The average molecular weight is 342 g/mol. The van der Waals surface area contributed by atoms with Crippen molar-refractivity contribution in [3.63, 3.8) is 0 Å². The quantitative estimate of drug-likeness (QED) is 0.908. The van der Waals surface area contributed by atoms with E-state index in [1.807, 2.05) is 30.3 Å². The number of rotatable bonds is 3. The Balaban J connectivity index is 1.89. The van der Waals surface area contributed by atoms with E-state index in [0.29, 0.717) is 15.3 Å². The van der Waals surface area contributed by atoms with Gasteiger partial charge < -0.3 is 4.74 Å². The van der Waals surface area contributed by atoms with Gasteiger partial charge in [0.25, 0.3) is 0 Å². The molecule has 0 spiro atoms. The Morgan fingerprint density at radius 2 is 2.11 bits per heavy atom. The number of hydrogen-bond donors (Lipinski definition) is 1. The van der Waals surface area contributed by atoms with Gasteiger partial charge in [-0.15, -0.1) is 0 Å². The van der Waals surface area contributed by atoms with Crippen molar-refractivity contribution in [1.29, 1.82) is 0 Å². The van der Waals surface area contributed by atoms with Gasteiger partial charge in [0.1, 0.15) is 12.4 Å². The maximum Gasteiger partial charge on any atom is 0.413 e. The number of amides is 1. The molecule has 0 aliphatic rings. The highest BCUT2D eigenvalue weighted by Gasteiger charge is 2.06. The van der Waals surface area contributed by atoms with Crippen LogP contribution in [0.25, 0.3) is 0 Å². The van der Waals surface area contributed by atoms with Crippen LogP contribution in [0.3, 0.4) is 0 Å². The molecule has 19 heavy (non-hydrogen) atoms. The highest BCUT2D eigenvalue weighted by Crippen LogP contribution is 2.23. The molecule has 0 radical (unpaired) electrons. The van der Waals surface area contributed by atoms with Crippen molar-refractivity contribution in [3.8, 4) is 0 Å². The topological polar surface area (TPSA) is 51.2 Å². The van der Waals surface area contributed by atoms with Gasteiger partial charge in [-0.2, -0.15) is 0 Å². The molecule has 1 aromatic heterocycles. The predicted octanol–water partition coefficient (Wildman–Crippen LogP) is 4.25. The summed E-state index contributed by atoms with van der Waals surface area (Å²) in [5, 5.41) is 2.99. The summed E-state index contributed by atoms with van der Waals surface area (Å²) in [5.41, 5.74) is 0.919. The van der Waals surface area contributed by atoms with Gasteiger partial charge in [-0.05, 0) is 27.6 Å². The number of nitrogens with one attached hydrogen (secondary N) is 1. The molecular weight excluding hydrogens is 332 g/mol. The molecule has 0 aliphatic carbocycles. The highest BCUT2D eigenvalue weighted by atomic mass is 79.9. The second-order valence-corrected chi connectivity index (χ2v) is 4.93. The third-order valence-corrected chi connectivity index (χ3v) is 3.44. The lowest BCUT2D eigenvalue weighted by atomic mass is 10.2. The van der Waals surface area contributed by atoms with E-state index >= 15 is 0 Å². The summed E-state index contributed by atoms with van der Waals surface area (Å²) in [7, 11) is 0. The molecule has 2 aromatic rings. The number of carbonyl (C=O) groups excluding carboxylic acids is 1. The van der Waals surface area contributed by atoms with E-state index in [0.717, 1.165) is 5.56 Å². The van der Waals surface area contributed by atoms with Crippen LogP contribution in [0, 0.1) is 0 Å². The number of pyridine rings is 1. The second kappa shape index (κ2) is 6.54. The van der Waals surface area contributed by atoms with Crippen LogP contribution < -0.4 is 5.32 Å². The van der Waals surface area contributed by atoms with Crippen molar-refractivity contribution in [3.05, 3.63) is 57.7 Å². The Kier molecular flexibility index (Phi) is 4.76. The summed E-state index contributed by atoms with van der Waals surface area (Å²) in [6, 6.07) is 11.0. The summed E-state index contributed by atoms with van der Waals surface area (Å²) < 4.78 is 5.72. The lowest BCUT2D eigenvalue weighted by Crippen LogP contribution is -2.14. The molecule has 1 N–H and O–H groups in total. The zero-order chi connectivity index (χ0) is 13.7. The Morgan fingerprint density at radius 1 is 1.37 bits per heavy atom. The average Bonchev–Trinajstić information content (AvgIpc) is 2.42. The van der Waals surface area contributed by atoms with Crippen LogP contribution in [-0.2, 0) is 11.3 Å². The first-order valence-corrected chi connectivity index (χ1v) is 6.61. The maximum atomic E-state index is 11.6. The van der Waals surface area contributed by atoms with Crippen LogP contribution in [-0.4, -0.2) is 11.1 Å². The van der Waals surface area contributed by atoms with Gasteiger partial charge >= 0.3 is 6.09 Å². The fourth-order valence-corrected chi connectivity index (χ4v) is 1.77. The first-order chi connectivity index (χ1) is 9.15. The maximum absolute atomic E-state index is 11.6. The molecule has 98 valence electrons. The minimum Gasteiger partial charge on any atom is -0.444 e. The predicted molar refractivity (Wildman–Crippen MR) is 77.2 cm³/mol. The number of ether oxygens (including phenoxy) is 1. The Bertz CT molecular complexity index is 578. The minimum atomic E-state index is -0.564. The summed E-state index contributed by atoms with van der Waals surface area (Å²) >= 11 is 9.05. The van der Waals surface area contributed by atoms with Crippen molar-refractivity contribution in [1.82, 2.24) is 4.98 Å². The van der Waals surface area contributed by atoms with E-state index in [2.05, 4.69) is 26.2 Å². The van der Waals surface area contributed by atoms with Crippen molar-refractivity contribution in [2.45, 2.75) is 6.61 Å². The number of nitrogens with zero attached hydrogens (tertiary/aromatic N) is 1. The molecule has 1 heterocycles. The van der Waals surface area contributed by atoms with Crippen LogP contribution in [0.15, 0.2) is 47.1 Å². The molecule has 0 aliphatic heterocycles. The zero-order valence-electron chi connectivity index (χ0n) is 9.77. The van der Waals surface area contributed by atoms with Crippen LogP contribution in [0.5, 0.6) is 0 Å². The summed E-state index contributed by atoms with van der Waals surface area (Å²) in [4.78, 5) is 15.5. The standard InChI is InChI=1S/C13H10BrClN2O2/c14-10-6-12(16-7-11(10)15)17-13(18)19-8-9-4-2-1-3-5-9/h1-7H,8H2,(H,16,17,18). The van der Waals surface area contributed by atoms with Crippen LogP contribution in [0.2, 0.25) is 5.02 Å². The van der Waals surface area contributed by atoms with E-state index in [-0.39, 0.29) is 6.61 Å². The first-order valence-electron chi connectivity index (χ1n) is 5.44. The van der Waals surface area contributed by atoms with Gasteiger partial charge in [0.2, 0.25) is 0 Å². The van der Waals surface area contributed by atoms with Gasteiger partial charge in [0.05, 0.1) is 5.02 Å². The fraction of sp³-hybridized carbons (Fsp3) is 0.0769. The lowest BCUT2D eigenvalue weighted by Gasteiger charge is -2.07. The monoisotopic (exact) mass is 340 g/mol. The van der Waals surface area contributed by atoms with E-state index in [1.54, 1.807) is 6.07 Å². The smallest absolute Gasteiger partial charge is 0.413 e. The molecular formula is C13H10BrClN2O2. The molecule has 0 saturated heterocycles. The third kappa shape index (κ3) is 4.22. The van der Waals surface area contributed by atoms with E-state index in [1.165, 1.54) is 6.20 Å². The molecule has 1 amide bonds. The van der Waals surface area contributed by atoms with Crippen LogP contribution >= 0.6 is 27.5 Å². The first kappa shape index (κ1) is 13.8. The molecule has 0 bridgehead atoms. The fourth-order valence-electron chi connectivity index (χ4n) is 1.35. The molecule has 6 heteroatoms. The number of carbonyl (C=O) groups is 1. The SMILES string of the molecule is O=C(Nc1cc(Br)c(Cl)cn1)OCc1ccccc1. The number of anilines is 1. The third-order valence-electron chi connectivity index (χ3n) is 2.25. The molecule has 0 unspecified atom stereocenters. The van der Waals surface area contributed by atoms with Crippen molar-refractivity contribution < 1.29 is 9.53 Å². The summed E-state index contributed by atoms with van der Waals surface area (Å²) in [6.07, 6.45) is 0.879. The van der Waals surface area contributed by atoms with Crippen molar-refractivity contribution in [2.75, 3.05) is 5.32 Å². The number of halogens is 2.